The molecule has 0 saturated carbocycles. The highest BCUT2D eigenvalue weighted by atomic mass is 35.5. The monoisotopic (exact) mass is 444 g/mol. The number of halogens is 4. The number of alkyl halides is 3. The Hall–Kier alpha value is -1.51. The van der Waals surface area contributed by atoms with E-state index in [1.807, 2.05) is 29.2 Å². The third kappa shape index (κ3) is 4.14. The number of carbonyl (C=O) groups excluding carboxylic acids is 1. The fourth-order valence-corrected chi connectivity index (χ4v) is 5.52. The predicted molar refractivity (Wildman–Crippen MR) is 110 cm³/mol. The molecule has 0 aromatic carbocycles. The summed E-state index contributed by atoms with van der Waals surface area (Å²) in [6, 6.07) is 0.0113. The first kappa shape index (κ1) is 21.7. The van der Waals surface area contributed by atoms with E-state index in [0.29, 0.717) is 26.1 Å². The number of piperidine rings is 1. The Morgan fingerprint density at radius 3 is 2.50 bits per heavy atom. The van der Waals surface area contributed by atoms with Crippen LogP contribution in [-0.2, 0) is 0 Å². The van der Waals surface area contributed by atoms with Gasteiger partial charge in [-0.1, -0.05) is 23.3 Å². The fourth-order valence-electron chi connectivity index (χ4n) is 5.17. The van der Waals surface area contributed by atoms with Crippen LogP contribution in [0.25, 0.3) is 0 Å². The van der Waals surface area contributed by atoms with Gasteiger partial charge in [0.15, 0.2) is 0 Å². The van der Waals surface area contributed by atoms with Crippen LogP contribution in [0.1, 0.15) is 38.5 Å². The summed E-state index contributed by atoms with van der Waals surface area (Å²) in [5.74, 6) is 0. The van der Waals surface area contributed by atoms with Crippen molar-refractivity contribution in [1.82, 2.24) is 19.8 Å². The summed E-state index contributed by atoms with van der Waals surface area (Å²) in [5, 5.41) is 3.38. The smallest absolute Gasteiger partial charge is 0.323 e. The number of allylic oxidation sites excluding steroid dienone is 3. The van der Waals surface area contributed by atoms with Gasteiger partial charge in [-0.2, -0.15) is 13.2 Å². The molecule has 4 rings (SSSR count). The van der Waals surface area contributed by atoms with Crippen molar-refractivity contribution in [2.75, 3.05) is 39.8 Å². The van der Waals surface area contributed by atoms with E-state index < -0.39 is 11.7 Å². The maximum Gasteiger partial charge on any atom is 0.414 e. The molecule has 5 nitrogen and oxygen atoms in total. The maximum atomic E-state index is 13.0. The van der Waals surface area contributed by atoms with Crippen molar-refractivity contribution in [3.63, 3.8) is 0 Å². The first-order valence-electron chi connectivity index (χ1n) is 10.6. The number of hydrazine groups is 1. The van der Waals surface area contributed by atoms with Gasteiger partial charge in [-0.25, -0.2) is 14.8 Å². The molecule has 2 amide bonds. The molecular formula is C21H28ClF3N4O. The van der Waals surface area contributed by atoms with E-state index >= 15 is 0 Å². The molecule has 0 bridgehead atoms. The minimum atomic E-state index is -4.36. The van der Waals surface area contributed by atoms with E-state index in [0.717, 1.165) is 44.3 Å². The van der Waals surface area contributed by atoms with Gasteiger partial charge in [-0.3, -0.25) is 4.90 Å². The van der Waals surface area contributed by atoms with Crippen LogP contribution >= 0.6 is 11.6 Å². The van der Waals surface area contributed by atoms with Crippen molar-refractivity contribution in [1.29, 1.82) is 0 Å². The highest BCUT2D eigenvalue weighted by Gasteiger charge is 2.45. The molecule has 0 N–H and O–H groups in total. The van der Waals surface area contributed by atoms with Crippen molar-refractivity contribution < 1.29 is 18.0 Å². The number of rotatable bonds is 2. The Kier molecular flexibility index (Phi) is 5.94. The predicted octanol–water partition coefficient (Wildman–Crippen LogP) is 4.49. The van der Waals surface area contributed by atoms with Gasteiger partial charge in [0.1, 0.15) is 0 Å². The summed E-state index contributed by atoms with van der Waals surface area (Å²) in [4.78, 5) is 17.1. The molecule has 2 fully saturated rings. The molecule has 3 heterocycles. The summed E-state index contributed by atoms with van der Waals surface area (Å²) in [6.45, 7) is 3.74. The number of urea groups is 1. The van der Waals surface area contributed by atoms with Crippen LogP contribution in [0, 0.1) is 0 Å². The third-order valence-electron chi connectivity index (χ3n) is 6.94. The molecule has 0 unspecified atom stereocenters. The summed E-state index contributed by atoms with van der Waals surface area (Å²) >= 11 is 5.96. The lowest BCUT2D eigenvalue weighted by Crippen LogP contribution is -2.56. The summed E-state index contributed by atoms with van der Waals surface area (Å²) < 4.78 is 39.1. The SMILES string of the molecule is CN1CC=CN1C(=O)N1CCC2(CCCN2CC2=CC(Cl)=C(C(F)(F)F)CC2)CC1. The minimum absolute atomic E-state index is 0.0113. The Morgan fingerprint density at radius 2 is 1.90 bits per heavy atom. The second kappa shape index (κ2) is 8.20. The van der Waals surface area contributed by atoms with Gasteiger partial charge in [-0.05, 0) is 51.1 Å². The second-order valence-corrected chi connectivity index (χ2v) is 9.12. The second-order valence-electron chi connectivity index (χ2n) is 8.72. The number of hydrogen-bond donors (Lipinski definition) is 0. The Bertz CT molecular complexity index is 784. The molecule has 4 aliphatic rings. The van der Waals surface area contributed by atoms with E-state index in [4.69, 9.17) is 11.6 Å². The van der Waals surface area contributed by atoms with Gasteiger partial charge in [0.25, 0.3) is 0 Å². The fraction of sp³-hybridized carbons (Fsp3) is 0.667. The van der Waals surface area contributed by atoms with Crippen molar-refractivity contribution in [3.8, 4) is 0 Å². The lowest BCUT2D eigenvalue weighted by molar-refractivity contribution is -0.0944. The summed E-state index contributed by atoms with van der Waals surface area (Å²) in [7, 11) is 1.89. The Morgan fingerprint density at radius 1 is 1.17 bits per heavy atom. The van der Waals surface area contributed by atoms with Crippen LogP contribution in [0.3, 0.4) is 0 Å². The van der Waals surface area contributed by atoms with E-state index in [-0.39, 0.29) is 23.0 Å². The van der Waals surface area contributed by atoms with Gasteiger partial charge < -0.3 is 4.90 Å². The molecule has 0 radical (unpaired) electrons. The zero-order valence-corrected chi connectivity index (χ0v) is 18.0. The zero-order chi connectivity index (χ0) is 21.5. The number of likely N-dealkylation sites (N-methyl/N-ethyl adjacent to an activating group) is 1. The average Bonchev–Trinajstić information content (AvgIpc) is 3.27. The standard InChI is InChI=1S/C21H28ClF3N4O/c1-26-9-3-11-29(26)19(30)27-12-7-20(8-13-27)6-2-10-28(20)15-16-4-5-17(18(22)14-16)21(23,24)25/h3,11,14H,2,4-10,12-13,15H2,1H3. The first-order chi connectivity index (χ1) is 14.2. The molecule has 9 heteroatoms. The van der Waals surface area contributed by atoms with Crippen LogP contribution < -0.4 is 0 Å². The largest absolute Gasteiger partial charge is 0.414 e. The van der Waals surface area contributed by atoms with Gasteiger partial charge in [0.05, 0.1) is 5.57 Å². The third-order valence-corrected chi connectivity index (χ3v) is 7.27. The van der Waals surface area contributed by atoms with Crippen LogP contribution in [0.4, 0.5) is 18.0 Å². The molecular weight excluding hydrogens is 417 g/mol. The Labute approximate surface area is 180 Å². The first-order valence-corrected chi connectivity index (χ1v) is 10.9. The lowest BCUT2D eigenvalue weighted by atomic mass is 9.84. The quantitative estimate of drug-likeness (QED) is 0.628. The molecule has 166 valence electrons. The molecule has 3 aliphatic heterocycles. The van der Waals surface area contributed by atoms with Crippen LogP contribution in [0.15, 0.2) is 34.5 Å². The van der Waals surface area contributed by atoms with Crippen LogP contribution in [-0.4, -0.2) is 77.3 Å². The topological polar surface area (TPSA) is 30.0 Å². The molecule has 1 aliphatic carbocycles. The number of amides is 2. The number of likely N-dealkylation sites (tertiary alicyclic amines) is 2. The molecule has 2 saturated heterocycles. The van der Waals surface area contributed by atoms with E-state index in [1.54, 1.807) is 5.01 Å². The Balaban J connectivity index is 1.39. The summed E-state index contributed by atoms with van der Waals surface area (Å²) in [5.41, 5.74) is 0.388. The highest BCUT2D eigenvalue weighted by molar-refractivity contribution is 6.31. The van der Waals surface area contributed by atoms with E-state index in [1.165, 1.54) is 6.08 Å². The van der Waals surface area contributed by atoms with Gasteiger partial charge in [0.2, 0.25) is 0 Å². The van der Waals surface area contributed by atoms with Gasteiger partial charge in [0, 0.05) is 50.0 Å². The van der Waals surface area contributed by atoms with Crippen molar-refractivity contribution in [2.24, 2.45) is 0 Å². The van der Waals surface area contributed by atoms with E-state index in [9.17, 15) is 18.0 Å². The average molecular weight is 445 g/mol. The molecule has 1 spiro atoms. The highest BCUT2D eigenvalue weighted by Crippen LogP contribution is 2.42. The molecule has 0 aromatic rings. The van der Waals surface area contributed by atoms with Gasteiger partial charge in [-0.15, -0.1) is 0 Å². The van der Waals surface area contributed by atoms with E-state index in [2.05, 4.69) is 4.90 Å². The zero-order valence-electron chi connectivity index (χ0n) is 17.2. The van der Waals surface area contributed by atoms with Crippen molar-refractivity contribution in [2.45, 2.75) is 50.2 Å². The molecule has 0 atom stereocenters. The number of nitrogens with zero attached hydrogens (tertiary/aromatic N) is 4. The normalized spacial score (nSPS) is 25.6. The number of hydrogen-bond acceptors (Lipinski definition) is 3. The van der Waals surface area contributed by atoms with Gasteiger partial charge >= 0.3 is 12.2 Å². The minimum Gasteiger partial charge on any atom is -0.323 e. The molecule has 0 aromatic heterocycles. The number of carbonyl (C=O) groups is 1. The van der Waals surface area contributed by atoms with Crippen molar-refractivity contribution >= 4 is 17.6 Å². The lowest BCUT2D eigenvalue weighted by Gasteiger charge is -2.46. The summed E-state index contributed by atoms with van der Waals surface area (Å²) in [6.07, 6.45) is 5.24. The van der Waals surface area contributed by atoms with Crippen LogP contribution in [0.2, 0.25) is 0 Å². The molecule has 30 heavy (non-hydrogen) atoms. The van der Waals surface area contributed by atoms with Crippen LogP contribution in [0.5, 0.6) is 0 Å². The van der Waals surface area contributed by atoms with Crippen molar-refractivity contribution in [3.05, 3.63) is 34.5 Å². The maximum absolute atomic E-state index is 13.0.